The van der Waals surface area contributed by atoms with Crippen molar-refractivity contribution in [1.29, 1.82) is 0 Å². The van der Waals surface area contributed by atoms with Gasteiger partial charge in [0, 0.05) is 24.8 Å². The molecule has 17 heavy (non-hydrogen) atoms. The van der Waals surface area contributed by atoms with Crippen LogP contribution in [0.4, 0.5) is 0 Å². The van der Waals surface area contributed by atoms with Crippen LogP contribution in [0.5, 0.6) is 0 Å². The topological polar surface area (TPSA) is 50.4 Å². The van der Waals surface area contributed by atoms with Gasteiger partial charge in [-0.1, -0.05) is 0 Å². The fourth-order valence-electron chi connectivity index (χ4n) is 1.78. The van der Waals surface area contributed by atoms with Gasteiger partial charge in [0.05, 0.1) is 11.6 Å². The Morgan fingerprint density at radius 1 is 1.65 bits per heavy atom. The van der Waals surface area contributed by atoms with E-state index in [1.54, 1.807) is 18.9 Å². The molecule has 2 atom stereocenters. The third-order valence-corrected chi connectivity index (χ3v) is 3.71. The van der Waals surface area contributed by atoms with Crippen molar-refractivity contribution in [2.24, 2.45) is 0 Å². The molecule has 2 unspecified atom stereocenters. The first-order chi connectivity index (χ1) is 7.44. The molecule has 0 radical (unpaired) electrons. The molecule has 1 rings (SSSR count). The van der Waals surface area contributed by atoms with Crippen molar-refractivity contribution in [3.63, 3.8) is 0 Å². The van der Waals surface area contributed by atoms with Gasteiger partial charge >= 0.3 is 0 Å². The number of carbonyl (C=O) groups excluding carboxylic acids is 1. The van der Waals surface area contributed by atoms with E-state index in [1.165, 1.54) is 0 Å². The van der Waals surface area contributed by atoms with Crippen LogP contribution < -0.4 is 10.6 Å². The largest absolute Gasteiger partial charge is 0.379 e. The number of thioether (sulfide) groups is 1. The number of methoxy groups -OCH3 is 1. The predicted molar refractivity (Wildman–Crippen MR) is 74.8 cm³/mol. The first-order valence-corrected chi connectivity index (χ1v) is 6.77. The Morgan fingerprint density at radius 3 is 2.76 bits per heavy atom. The second kappa shape index (κ2) is 7.46. The van der Waals surface area contributed by atoms with Crippen LogP contribution in [0, 0.1) is 0 Å². The maximum atomic E-state index is 11.8. The molecule has 1 amide bonds. The molecule has 1 aliphatic rings. The van der Waals surface area contributed by atoms with Crippen LogP contribution in [0.2, 0.25) is 0 Å². The molecule has 2 N–H and O–H groups in total. The van der Waals surface area contributed by atoms with Crippen molar-refractivity contribution in [1.82, 2.24) is 10.6 Å². The van der Waals surface area contributed by atoms with E-state index in [-0.39, 0.29) is 36.0 Å². The van der Waals surface area contributed by atoms with Crippen LogP contribution in [0.15, 0.2) is 0 Å². The molecule has 6 heteroatoms. The normalized spacial score (nSPS) is 21.8. The molecule has 0 spiro atoms. The predicted octanol–water partition coefficient (Wildman–Crippen LogP) is 1.39. The van der Waals surface area contributed by atoms with Gasteiger partial charge in [0.1, 0.15) is 0 Å². The number of halogens is 1. The monoisotopic (exact) mass is 282 g/mol. The Balaban J connectivity index is 0.00000256. The number of carbonyl (C=O) groups is 1. The summed E-state index contributed by atoms with van der Waals surface area (Å²) in [5.41, 5.74) is -0.190. The minimum Gasteiger partial charge on any atom is -0.379 e. The van der Waals surface area contributed by atoms with E-state index < -0.39 is 0 Å². The fourth-order valence-corrected chi connectivity index (χ4v) is 2.72. The first-order valence-electron chi connectivity index (χ1n) is 5.61. The Labute approximate surface area is 114 Å². The summed E-state index contributed by atoms with van der Waals surface area (Å²) in [5.74, 6) is 1.84. The van der Waals surface area contributed by atoms with Crippen LogP contribution >= 0.6 is 24.2 Å². The summed E-state index contributed by atoms with van der Waals surface area (Å²) in [5, 5.41) is 6.18. The molecule has 102 valence electrons. The van der Waals surface area contributed by atoms with Gasteiger partial charge < -0.3 is 10.1 Å². The smallest absolute Gasteiger partial charge is 0.238 e. The summed E-state index contributed by atoms with van der Waals surface area (Å²) in [7, 11) is 1.70. The quantitative estimate of drug-likeness (QED) is 0.800. The zero-order chi connectivity index (χ0) is 12.2. The second-order valence-electron chi connectivity index (χ2n) is 4.85. The summed E-state index contributed by atoms with van der Waals surface area (Å²) in [6.07, 6.45) is 0.815. The van der Waals surface area contributed by atoms with Gasteiger partial charge in [-0.25, -0.2) is 0 Å². The highest BCUT2D eigenvalue weighted by Crippen LogP contribution is 2.16. The Kier molecular flexibility index (Phi) is 7.47. The van der Waals surface area contributed by atoms with Gasteiger partial charge in [0.15, 0.2) is 0 Å². The highest BCUT2D eigenvalue weighted by molar-refractivity contribution is 7.99. The molecule has 0 aromatic heterocycles. The number of ether oxygens (including phenoxy) is 1. The lowest BCUT2D eigenvalue weighted by Gasteiger charge is -2.27. The van der Waals surface area contributed by atoms with Gasteiger partial charge in [-0.3, -0.25) is 10.1 Å². The molecule has 1 saturated heterocycles. The third-order valence-electron chi connectivity index (χ3n) is 2.77. The van der Waals surface area contributed by atoms with E-state index in [4.69, 9.17) is 4.74 Å². The number of rotatable bonds is 5. The average molecular weight is 283 g/mol. The Bertz CT molecular complexity index is 246. The van der Waals surface area contributed by atoms with Gasteiger partial charge in [-0.2, -0.15) is 0 Å². The van der Waals surface area contributed by atoms with Crippen molar-refractivity contribution < 1.29 is 9.53 Å². The van der Waals surface area contributed by atoms with Gasteiger partial charge in [0.25, 0.3) is 0 Å². The molecule has 0 aliphatic carbocycles. The molecule has 0 aromatic carbocycles. The molecule has 0 saturated carbocycles. The number of hydrogen-bond acceptors (Lipinski definition) is 4. The summed E-state index contributed by atoms with van der Waals surface area (Å²) >= 11 is 1.76. The van der Waals surface area contributed by atoms with Crippen molar-refractivity contribution >= 4 is 30.1 Å². The lowest BCUT2D eigenvalue weighted by Crippen LogP contribution is -2.47. The fraction of sp³-hybridized carbons (Fsp3) is 0.909. The zero-order valence-electron chi connectivity index (χ0n) is 10.9. The standard InChI is InChI=1S/C11H22N2O2S.ClH/c1-8(5-11(2,3)15-4)13-10(14)9-6-16-7-12-9;/h8-9,12H,5-7H2,1-4H3,(H,13,14);1H. The summed E-state index contributed by atoms with van der Waals surface area (Å²) in [6.45, 7) is 6.07. The summed E-state index contributed by atoms with van der Waals surface area (Å²) < 4.78 is 5.34. The highest BCUT2D eigenvalue weighted by atomic mass is 35.5. The molecule has 4 nitrogen and oxygen atoms in total. The van der Waals surface area contributed by atoms with E-state index in [1.807, 2.05) is 20.8 Å². The molecule has 1 aliphatic heterocycles. The molecule has 1 fully saturated rings. The number of nitrogens with one attached hydrogen (secondary N) is 2. The molecular weight excluding hydrogens is 260 g/mol. The van der Waals surface area contributed by atoms with Crippen LogP contribution in [0.1, 0.15) is 27.2 Å². The van der Waals surface area contributed by atoms with Crippen molar-refractivity contribution in [3.05, 3.63) is 0 Å². The maximum Gasteiger partial charge on any atom is 0.238 e. The van der Waals surface area contributed by atoms with E-state index in [9.17, 15) is 4.79 Å². The van der Waals surface area contributed by atoms with Crippen molar-refractivity contribution in [2.45, 2.75) is 44.9 Å². The third kappa shape index (κ3) is 5.95. The Morgan fingerprint density at radius 2 is 2.29 bits per heavy atom. The van der Waals surface area contributed by atoms with Gasteiger partial charge in [-0.15, -0.1) is 24.2 Å². The van der Waals surface area contributed by atoms with Crippen molar-refractivity contribution in [2.75, 3.05) is 18.7 Å². The van der Waals surface area contributed by atoms with Crippen LogP contribution in [0.3, 0.4) is 0 Å². The number of amides is 1. The summed E-state index contributed by atoms with van der Waals surface area (Å²) in [4.78, 5) is 11.8. The highest BCUT2D eigenvalue weighted by Gasteiger charge is 2.26. The van der Waals surface area contributed by atoms with Crippen LogP contribution in [-0.4, -0.2) is 42.3 Å². The second-order valence-corrected chi connectivity index (χ2v) is 5.88. The minimum absolute atomic E-state index is 0. The van der Waals surface area contributed by atoms with E-state index >= 15 is 0 Å². The molecule has 0 bridgehead atoms. The van der Waals surface area contributed by atoms with Crippen molar-refractivity contribution in [3.8, 4) is 0 Å². The zero-order valence-corrected chi connectivity index (χ0v) is 12.5. The van der Waals surface area contributed by atoms with Gasteiger partial charge in [0.2, 0.25) is 5.91 Å². The average Bonchev–Trinajstić information content (AvgIpc) is 2.69. The number of hydrogen-bond donors (Lipinski definition) is 2. The minimum atomic E-state index is -0.190. The van der Waals surface area contributed by atoms with E-state index in [2.05, 4.69) is 10.6 Å². The Hall–Kier alpha value is 0.0300. The van der Waals surface area contributed by atoms with Gasteiger partial charge in [-0.05, 0) is 27.2 Å². The SMILES string of the molecule is COC(C)(C)CC(C)NC(=O)C1CSCN1.Cl. The summed E-state index contributed by atoms with van der Waals surface area (Å²) in [6, 6.07) is 0.105. The maximum absolute atomic E-state index is 11.8. The van der Waals surface area contributed by atoms with Crippen LogP contribution in [0.25, 0.3) is 0 Å². The molecule has 0 aromatic rings. The lowest BCUT2D eigenvalue weighted by atomic mass is 10.00. The lowest BCUT2D eigenvalue weighted by molar-refractivity contribution is -0.123. The molecule has 1 heterocycles. The van der Waals surface area contributed by atoms with Crippen LogP contribution in [-0.2, 0) is 9.53 Å². The van der Waals surface area contributed by atoms with E-state index in [0.717, 1.165) is 18.1 Å². The first kappa shape index (κ1) is 17.0. The van der Waals surface area contributed by atoms with E-state index in [0.29, 0.717) is 0 Å². The molecular formula is C11H23ClN2O2S.